The molecule has 210 valence electrons. The van der Waals surface area contributed by atoms with E-state index in [-0.39, 0.29) is 10.6 Å². The lowest BCUT2D eigenvalue weighted by Crippen LogP contribution is -2.60. The molecule has 3 aromatic rings. The quantitative estimate of drug-likeness (QED) is 0.195. The summed E-state index contributed by atoms with van der Waals surface area (Å²) in [4.78, 5) is 41.7. The van der Waals surface area contributed by atoms with Crippen LogP contribution in [0.15, 0.2) is 66.7 Å². The number of methoxy groups -OCH3 is 1. The van der Waals surface area contributed by atoms with E-state index in [0.29, 0.717) is 22.4 Å². The zero-order chi connectivity index (χ0) is 29.6. The fraction of sp³-hybridized carbons (Fsp3) is 0.290. The molecule has 40 heavy (non-hydrogen) atoms. The zero-order valence-corrected chi connectivity index (χ0v) is 24.6. The molecular formula is C31H34N2O6S. The van der Waals surface area contributed by atoms with E-state index in [2.05, 4.69) is 0 Å². The third-order valence-electron chi connectivity index (χ3n) is 5.98. The van der Waals surface area contributed by atoms with Crippen molar-refractivity contribution in [1.82, 2.24) is 10.0 Å². The summed E-state index contributed by atoms with van der Waals surface area (Å²) in [7, 11) is 1.49. The van der Waals surface area contributed by atoms with Crippen molar-refractivity contribution in [2.45, 2.75) is 47.1 Å². The molecule has 0 spiro atoms. The van der Waals surface area contributed by atoms with Crippen LogP contribution >= 0.6 is 12.2 Å². The van der Waals surface area contributed by atoms with Crippen molar-refractivity contribution in [2.24, 2.45) is 0 Å². The average Bonchev–Trinajstić information content (AvgIpc) is 2.90. The first-order chi connectivity index (χ1) is 18.8. The number of nitrogens with zero attached hydrogens (tertiary/aromatic N) is 2. The molecule has 0 heterocycles. The maximum Gasteiger partial charge on any atom is 0.439 e. The van der Waals surface area contributed by atoms with Crippen LogP contribution in [0.4, 0.5) is 4.79 Å². The van der Waals surface area contributed by atoms with Crippen molar-refractivity contribution in [3.63, 3.8) is 0 Å². The summed E-state index contributed by atoms with van der Waals surface area (Å²) in [6.07, 6.45) is -1.10. The Morgan fingerprint density at radius 2 is 1.43 bits per heavy atom. The van der Waals surface area contributed by atoms with E-state index in [1.165, 1.54) is 7.11 Å². The Balaban J connectivity index is 2.03. The van der Waals surface area contributed by atoms with Crippen molar-refractivity contribution in [2.75, 3.05) is 13.9 Å². The predicted molar refractivity (Wildman–Crippen MR) is 156 cm³/mol. The van der Waals surface area contributed by atoms with E-state index < -0.39 is 30.2 Å². The lowest BCUT2D eigenvalue weighted by Gasteiger charge is -2.41. The lowest BCUT2D eigenvalue weighted by molar-refractivity contribution is -0.0516. The standard InChI is InChI=1S/C31H34N2O6S/c1-20-16-21(2)18-24(17-20)27(34)33(31(4,5)6)32(28(35)25-14-11-15-26(37-7)22(25)3)30(36)39-19-38-29(40)23-12-9-8-10-13-23/h8-18H,19H2,1-7H3. The third-order valence-corrected chi connectivity index (χ3v) is 6.33. The maximum absolute atomic E-state index is 14.1. The number of benzene rings is 3. The second-order valence-electron chi connectivity index (χ2n) is 10.2. The van der Waals surface area contributed by atoms with Gasteiger partial charge in [0.05, 0.1) is 12.6 Å². The number of carbonyl (C=O) groups is 3. The van der Waals surface area contributed by atoms with Crippen LogP contribution in [0.1, 0.15) is 63.7 Å². The molecule has 0 aromatic heterocycles. The minimum absolute atomic E-state index is 0.119. The Hall–Kier alpha value is -4.24. The second kappa shape index (κ2) is 12.7. The summed E-state index contributed by atoms with van der Waals surface area (Å²) in [5, 5.41) is 1.95. The number of carbonyl (C=O) groups excluding carboxylic acids is 3. The summed E-state index contributed by atoms with van der Waals surface area (Å²) in [6.45, 7) is 10.0. The first-order valence-corrected chi connectivity index (χ1v) is 13.1. The lowest BCUT2D eigenvalue weighted by atomic mass is 10.0. The first kappa shape index (κ1) is 30.3. The highest BCUT2D eigenvalue weighted by Crippen LogP contribution is 2.27. The maximum atomic E-state index is 14.1. The van der Waals surface area contributed by atoms with Crippen LogP contribution in [0.2, 0.25) is 0 Å². The van der Waals surface area contributed by atoms with Crippen LogP contribution in [0.3, 0.4) is 0 Å². The summed E-state index contributed by atoms with van der Waals surface area (Å²) < 4.78 is 16.2. The van der Waals surface area contributed by atoms with E-state index in [1.807, 2.05) is 26.0 Å². The smallest absolute Gasteiger partial charge is 0.439 e. The minimum Gasteiger partial charge on any atom is -0.496 e. The van der Waals surface area contributed by atoms with Gasteiger partial charge in [0.1, 0.15) is 5.75 Å². The highest BCUT2D eigenvalue weighted by molar-refractivity contribution is 7.80. The van der Waals surface area contributed by atoms with Gasteiger partial charge in [-0.25, -0.2) is 9.80 Å². The molecule has 0 radical (unpaired) electrons. The van der Waals surface area contributed by atoms with Crippen LogP contribution in [-0.2, 0) is 9.47 Å². The first-order valence-electron chi connectivity index (χ1n) is 12.6. The summed E-state index contributed by atoms with van der Waals surface area (Å²) in [5.41, 5.74) is 2.34. The highest BCUT2D eigenvalue weighted by Gasteiger charge is 2.41. The molecule has 0 aliphatic heterocycles. The van der Waals surface area contributed by atoms with E-state index in [9.17, 15) is 14.4 Å². The number of ether oxygens (including phenoxy) is 3. The second-order valence-corrected chi connectivity index (χ2v) is 10.6. The average molecular weight is 563 g/mol. The van der Waals surface area contributed by atoms with E-state index in [1.54, 1.807) is 82.3 Å². The summed E-state index contributed by atoms with van der Waals surface area (Å²) in [6, 6.07) is 19.2. The number of aryl methyl sites for hydroxylation is 2. The molecule has 0 N–H and O–H groups in total. The van der Waals surface area contributed by atoms with Gasteiger partial charge in [-0.3, -0.25) is 9.59 Å². The summed E-state index contributed by atoms with van der Waals surface area (Å²) >= 11 is 5.28. The van der Waals surface area contributed by atoms with Gasteiger partial charge < -0.3 is 14.2 Å². The highest BCUT2D eigenvalue weighted by atomic mass is 32.1. The molecule has 0 saturated carbocycles. The molecular weight excluding hydrogens is 528 g/mol. The van der Waals surface area contributed by atoms with Gasteiger partial charge >= 0.3 is 6.09 Å². The topological polar surface area (TPSA) is 85.4 Å². The molecule has 0 aliphatic carbocycles. The zero-order valence-electron chi connectivity index (χ0n) is 23.8. The van der Waals surface area contributed by atoms with Crippen LogP contribution in [0.5, 0.6) is 5.75 Å². The fourth-order valence-electron chi connectivity index (χ4n) is 4.20. The third kappa shape index (κ3) is 7.04. The van der Waals surface area contributed by atoms with Crippen LogP contribution in [0.25, 0.3) is 0 Å². The van der Waals surface area contributed by atoms with E-state index in [4.69, 9.17) is 26.4 Å². The minimum atomic E-state index is -1.10. The largest absolute Gasteiger partial charge is 0.496 e. The molecule has 0 atom stereocenters. The Labute approximate surface area is 240 Å². The number of thiocarbonyl (C=S) groups is 1. The molecule has 0 saturated heterocycles. The molecule has 3 rings (SSSR count). The normalized spacial score (nSPS) is 10.9. The van der Waals surface area contributed by atoms with Crippen molar-refractivity contribution in [3.05, 3.63) is 100 Å². The van der Waals surface area contributed by atoms with Crippen molar-refractivity contribution < 1.29 is 28.6 Å². The Bertz CT molecular complexity index is 1390. The monoisotopic (exact) mass is 562 g/mol. The number of hydrogen-bond acceptors (Lipinski definition) is 7. The molecule has 9 heteroatoms. The van der Waals surface area contributed by atoms with Gasteiger partial charge in [0.15, 0.2) is 5.05 Å². The predicted octanol–water partition coefficient (Wildman–Crippen LogP) is 6.40. The number of amides is 3. The van der Waals surface area contributed by atoms with Gasteiger partial charge in [-0.1, -0.05) is 53.6 Å². The Morgan fingerprint density at radius 3 is 2.00 bits per heavy atom. The molecule has 3 aromatic carbocycles. The molecule has 8 nitrogen and oxygen atoms in total. The van der Waals surface area contributed by atoms with Crippen molar-refractivity contribution >= 4 is 35.2 Å². The van der Waals surface area contributed by atoms with Gasteiger partial charge in [-0.15, -0.1) is 5.01 Å². The van der Waals surface area contributed by atoms with E-state index in [0.717, 1.165) is 21.1 Å². The van der Waals surface area contributed by atoms with Crippen molar-refractivity contribution in [3.8, 4) is 5.75 Å². The number of hydrogen-bond donors (Lipinski definition) is 0. The molecule has 0 unspecified atom stereocenters. The molecule has 3 amide bonds. The van der Waals surface area contributed by atoms with Crippen LogP contribution in [0, 0.1) is 20.8 Å². The van der Waals surface area contributed by atoms with Gasteiger partial charge in [0.25, 0.3) is 11.8 Å². The Morgan fingerprint density at radius 1 is 0.800 bits per heavy atom. The summed E-state index contributed by atoms with van der Waals surface area (Å²) in [5.74, 6) is -0.857. The van der Waals surface area contributed by atoms with Gasteiger partial charge in [0.2, 0.25) is 6.79 Å². The van der Waals surface area contributed by atoms with Gasteiger partial charge in [-0.2, -0.15) is 0 Å². The fourth-order valence-corrected chi connectivity index (χ4v) is 4.39. The number of imide groups is 1. The van der Waals surface area contributed by atoms with Crippen LogP contribution < -0.4 is 4.74 Å². The van der Waals surface area contributed by atoms with Crippen molar-refractivity contribution in [1.29, 1.82) is 0 Å². The van der Waals surface area contributed by atoms with Crippen LogP contribution in [-0.4, -0.2) is 52.4 Å². The Kier molecular flexibility index (Phi) is 9.65. The molecule has 0 fully saturated rings. The number of rotatable bonds is 6. The van der Waals surface area contributed by atoms with Gasteiger partial charge in [0, 0.05) is 22.3 Å². The van der Waals surface area contributed by atoms with Gasteiger partial charge in [-0.05, 0) is 78.0 Å². The number of hydrazine groups is 1. The van der Waals surface area contributed by atoms with E-state index >= 15 is 0 Å². The molecule has 0 aliphatic rings. The molecule has 0 bridgehead atoms. The SMILES string of the molecule is COc1cccc(C(=O)N(C(=O)OCOC(=S)c2ccccc2)N(C(=O)c2cc(C)cc(C)c2)C(C)(C)C)c1C.